The zero-order valence-electron chi connectivity index (χ0n) is 11.1. The molecule has 0 bridgehead atoms. The molecular weight excluding hydrogens is 309 g/mol. The lowest BCUT2D eigenvalue weighted by Gasteiger charge is -2.02. The molecule has 0 aliphatic rings. The van der Waals surface area contributed by atoms with Gasteiger partial charge in [0.1, 0.15) is 0 Å². The Morgan fingerprint density at radius 2 is 1.00 bits per heavy atom. The molecule has 0 saturated heterocycles. The van der Waals surface area contributed by atoms with Gasteiger partial charge in [-0.25, -0.2) is 0 Å². The molecule has 1 N–H and O–H groups in total. The van der Waals surface area contributed by atoms with Gasteiger partial charge in [0.05, 0.1) is 0 Å². The highest BCUT2D eigenvalue weighted by atomic mass is 127. The summed E-state index contributed by atoms with van der Waals surface area (Å²) in [4.78, 5) is 0. The molecule has 0 aliphatic carbocycles. The van der Waals surface area contributed by atoms with Crippen LogP contribution in [0.3, 0.4) is 0 Å². The highest BCUT2D eigenvalue weighted by Gasteiger charge is 1.92. The molecule has 0 radical (unpaired) electrons. The molecule has 0 aromatic carbocycles. The monoisotopic (exact) mass is 339 g/mol. The lowest BCUT2D eigenvalue weighted by Crippen LogP contribution is -1.98. The molecule has 0 aromatic heterocycles. The van der Waals surface area contributed by atoms with E-state index in [0.29, 0.717) is 0 Å². The van der Waals surface area contributed by atoms with E-state index in [-0.39, 0.29) is 0 Å². The van der Waals surface area contributed by atoms with E-state index in [1.165, 1.54) is 83.6 Å². The number of unbranched alkanes of at least 4 members (excludes halogenated alkanes) is 11. The van der Waals surface area contributed by atoms with Crippen molar-refractivity contribution in [2.45, 2.75) is 84.0 Å². The predicted molar refractivity (Wildman–Crippen MR) is 83.1 cm³/mol. The smallest absolute Gasteiger partial charge is 0.0169 e. The SMILES string of the molecule is CCCCCCCCCCCCCCNI. The van der Waals surface area contributed by atoms with Crippen molar-refractivity contribution >= 4 is 22.9 Å². The van der Waals surface area contributed by atoms with Gasteiger partial charge in [0.15, 0.2) is 0 Å². The molecule has 0 spiro atoms. The largest absolute Gasteiger partial charge is 0.261 e. The van der Waals surface area contributed by atoms with Crippen molar-refractivity contribution in [1.29, 1.82) is 0 Å². The highest BCUT2D eigenvalue weighted by Crippen LogP contribution is 2.11. The van der Waals surface area contributed by atoms with Crippen molar-refractivity contribution in [3.63, 3.8) is 0 Å². The van der Waals surface area contributed by atoms with Crippen LogP contribution in [0.1, 0.15) is 84.0 Å². The van der Waals surface area contributed by atoms with Gasteiger partial charge in [0, 0.05) is 29.4 Å². The summed E-state index contributed by atoms with van der Waals surface area (Å²) in [6.07, 6.45) is 17.3. The number of hydrogen-bond donors (Lipinski definition) is 1. The third-order valence-electron chi connectivity index (χ3n) is 3.12. The summed E-state index contributed by atoms with van der Waals surface area (Å²) in [6.45, 7) is 3.46. The molecule has 0 aliphatic heterocycles. The van der Waals surface area contributed by atoms with Gasteiger partial charge < -0.3 is 0 Å². The Hall–Kier alpha value is 0.690. The van der Waals surface area contributed by atoms with E-state index in [4.69, 9.17) is 0 Å². The van der Waals surface area contributed by atoms with Crippen molar-refractivity contribution in [1.82, 2.24) is 3.53 Å². The first kappa shape index (κ1) is 16.7. The van der Waals surface area contributed by atoms with Gasteiger partial charge in [-0.15, -0.1) is 0 Å². The van der Waals surface area contributed by atoms with Crippen LogP contribution in [0, 0.1) is 0 Å². The number of halogens is 1. The van der Waals surface area contributed by atoms with Crippen LogP contribution in [0.15, 0.2) is 0 Å². The lowest BCUT2D eigenvalue weighted by molar-refractivity contribution is 0.544. The Morgan fingerprint density at radius 1 is 0.625 bits per heavy atom. The Morgan fingerprint density at radius 3 is 1.38 bits per heavy atom. The number of nitrogens with one attached hydrogen (secondary N) is 1. The molecule has 98 valence electrons. The average molecular weight is 339 g/mol. The Bertz CT molecular complexity index is 103. The molecular formula is C14H30IN. The van der Waals surface area contributed by atoms with E-state index in [0.717, 1.165) is 0 Å². The standard InChI is InChI=1S/C14H30IN/c1-2-3-4-5-6-7-8-9-10-11-12-13-14-16-15/h16H,2-14H2,1H3. The minimum Gasteiger partial charge on any atom is -0.261 e. The third-order valence-corrected chi connectivity index (χ3v) is 3.66. The van der Waals surface area contributed by atoms with Crippen LogP contribution < -0.4 is 3.53 Å². The predicted octanol–water partition coefficient (Wildman–Crippen LogP) is 5.63. The first-order valence-corrected chi connectivity index (χ1v) is 8.33. The Labute approximate surface area is 117 Å². The van der Waals surface area contributed by atoms with Crippen molar-refractivity contribution in [2.75, 3.05) is 6.54 Å². The molecule has 0 atom stereocenters. The molecule has 0 aromatic rings. The second kappa shape index (κ2) is 15.7. The van der Waals surface area contributed by atoms with Gasteiger partial charge in [0.2, 0.25) is 0 Å². The van der Waals surface area contributed by atoms with E-state index < -0.39 is 0 Å². The molecule has 2 heteroatoms. The second-order valence-corrected chi connectivity index (χ2v) is 5.54. The highest BCUT2D eigenvalue weighted by molar-refractivity contribution is 14.1. The van der Waals surface area contributed by atoms with Gasteiger partial charge in [-0.2, -0.15) is 0 Å². The maximum atomic E-state index is 3.17. The van der Waals surface area contributed by atoms with Crippen LogP contribution >= 0.6 is 22.9 Å². The third kappa shape index (κ3) is 14.7. The Balaban J connectivity index is 2.83. The molecule has 0 fully saturated rings. The van der Waals surface area contributed by atoms with Crippen LogP contribution in [-0.2, 0) is 0 Å². The quantitative estimate of drug-likeness (QED) is 0.261. The minimum absolute atomic E-state index is 1.18. The zero-order valence-corrected chi connectivity index (χ0v) is 13.2. The van der Waals surface area contributed by atoms with E-state index >= 15 is 0 Å². The maximum Gasteiger partial charge on any atom is 0.0169 e. The second-order valence-electron chi connectivity index (χ2n) is 4.77. The summed E-state index contributed by atoms with van der Waals surface area (Å²) >= 11 is 2.23. The van der Waals surface area contributed by atoms with Crippen LogP contribution in [0.5, 0.6) is 0 Å². The van der Waals surface area contributed by atoms with Crippen LogP contribution in [-0.4, -0.2) is 6.54 Å². The summed E-state index contributed by atoms with van der Waals surface area (Å²) in [5.41, 5.74) is 0. The van der Waals surface area contributed by atoms with Gasteiger partial charge in [0.25, 0.3) is 0 Å². The zero-order chi connectivity index (χ0) is 11.9. The normalized spacial score (nSPS) is 10.9. The van der Waals surface area contributed by atoms with E-state index in [1.54, 1.807) is 0 Å². The van der Waals surface area contributed by atoms with Crippen molar-refractivity contribution < 1.29 is 0 Å². The minimum atomic E-state index is 1.18. The van der Waals surface area contributed by atoms with Crippen LogP contribution in [0.2, 0.25) is 0 Å². The van der Waals surface area contributed by atoms with E-state index in [2.05, 4.69) is 33.3 Å². The summed E-state index contributed by atoms with van der Waals surface area (Å²) in [5.74, 6) is 0. The fraction of sp³-hybridized carbons (Fsp3) is 1.00. The maximum absolute atomic E-state index is 3.17. The number of rotatable bonds is 13. The summed E-state index contributed by atoms with van der Waals surface area (Å²) in [5, 5.41) is 0. The van der Waals surface area contributed by atoms with Crippen molar-refractivity contribution in [2.24, 2.45) is 0 Å². The van der Waals surface area contributed by atoms with Crippen molar-refractivity contribution in [3.8, 4) is 0 Å². The molecule has 0 saturated carbocycles. The lowest BCUT2D eigenvalue weighted by atomic mass is 10.1. The van der Waals surface area contributed by atoms with Gasteiger partial charge in [-0.3, -0.25) is 3.53 Å². The average Bonchev–Trinajstić information content (AvgIpc) is 2.31. The molecule has 16 heavy (non-hydrogen) atoms. The first-order chi connectivity index (χ1) is 7.91. The number of hydrogen-bond acceptors (Lipinski definition) is 1. The first-order valence-electron chi connectivity index (χ1n) is 7.25. The fourth-order valence-electron chi connectivity index (χ4n) is 2.03. The van der Waals surface area contributed by atoms with Gasteiger partial charge in [-0.1, -0.05) is 77.6 Å². The van der Waals surface area contributed by atoms with E-state index in [1.807, 2.05) is 0 Å². The molecule has 0 heterocycles. The van der Waals surface area contributed by atoms with Crippen molar-refractivity contribution in [3.05, 3.63) is 0 Å². The van der Waals surface area contributed by atoms with Gasteiger partial charge in [-0.05, 0) is 6.42 Å². The summed E-state index contributed by atoms with van der Waals surface area (Å²) < 4.78 is 3.17. The Kier molecular flexibility index (Phi) is 16.4. The van der Waals surface area contributed by atoms with Crippen LogP contribution in [0.4, 0.5) is 0 Å². The van der Waals surface area contributed by atoms with Crippen LogP contribution in [0.25, 0.3) is 0 Å². The molecule has 0 rings (SSSR count). The van der Waals surface area contributed by atoms with Gasteiger partial charge >= 0.3 is 0 Å². The summed E-state index contributed by atoms with van der Waals surface area (Å²) in [7, 11) is 0. The van der Waals surface area contributed by atoms with E-state index in [9.17, 15) is 0 Å². The molecule has 0 amide bonds. The molecule has 0 unspecified atom stereocenters. The topological polar surface area (TPSA) is 12.0 Å². The fourth-order valence-corrected chi connectivity index (χ4v) is 2.41. The summed E-state index contributed by atoms with van der Waals surface area (Å²) in [6, 6.07) is 0. The molecule has 1 nitrogen and oxygen atoms in total.